The van der Waals surface area contributed by atoms with E-state index in [1.165, 1.54) is 24.0 Å². The predicted octanol–water partition coefficient (Wildman–Crippen LogP) is 3.13. The Balaban J connectivity index is 2.19. The van der Waals surface area contributed by atoms with Gasteiger partial charge in [-0.15, -0.1) is 0 Å². The summed E-state index contributed by atoms with van der Waals surface area (Å²) in [5.74, 6) is 0.938. The molecule has 3 heteroatoms. The fraction of sp³-hybridized carbons (Fsp3) is 0.647. The Morgan fingerprint density at radius 3 is 2.55 bits per heavy atom. The molecule has 2 N–H and O–H groups in total. The highest BCUT2D eigenvalue weighted by atomic mass is 16.5. The lowest BCUT2D eigenvalue weighted by Crippen LogP contribution is -2.46. The van der Waals surface area contributed by atoms with Gasteiger partial charge in [0.15, 0.2) is 0 Å². The summed E-state index contributed by atoms with van der Waals surface area (Å²) in [5, 5.41) is 0. The number of methoxy groups -OCH3 is 1. The highest BCUT2D eigenvalue weighted by Crippen LogP contribution is 2.33. The van der Waals surface area contributed by atoms with Gasteiger partial charge in [0.2, 0.25) is 0 Å². The topological polar surface area (TPSA) is 38.5 Å². The molecular formula is C17H28N2O. The molecule has 0 bridgehead atoms. The number of nitrogens with zero attached hydrogens (tertiary/aromatic N) is 1. The SMILES string of the molecule is CCCN(CCC)C1CCc2cc(OC)ccc2C1N. The van der Waals surface area contributed by atoms with Gasteiger partial charge < -0.3 is 10.5 Å². The monoisotopic (exact) mass is 276 g/mol. The second kappa shape index (κ2) is 7.09. The predicted molar refractivity (Wildman–Crippen MR) is 84.2 cm³/mol. The molecule has 0 heterocycles. The molecule has 112 valence electrons. The van der Waals surface area contributed by atoms with Gasteiger partial charge in [-0.25, -0.2) is 0 Å². The summed E-state index contributed by atoms with van der Waals surface area (Å²) < 4.78 is 5.32. The molecule has 1 aromatic rings. The fourth-order valence-corrected chi connectivity index (χ4v) is 3.37. The third-order valence-corrected chi connectivity index (χ3v) is 4.32. The molecule has 0 spiro atoms. The maximum absolute atomic E-state index is 6.56. The third kappa shape index (κ3) is 3.15. The third-order valence-electron chi connectivity index (χ3n) is 4.32. The van der Waals surface area contributed by atoms with Crippen LogP contribution in [-0.2, 0) is 6.42 Å². The Labute approximate surface area is 123 Å². The van der Waals surface area contributed by atoms with Crippen molar-refractivity contribution in [2.45, 2.75) is 51.6 Å². The zero-order valence-electron chi connectivity index (χ0n) is 13.1. The average molecular weight is 276 g/mol. The van der Waals surface area contributed by atoms with Crippen molar-refractivity contribution in [3.8, 4) is 5.75 Å². The molecule has 3 nitrogen and oxygen atoms in total. The second-order valence-corrected chi connectivity index (χ2v) is 5.73. The Morgan fingerprint density at radius 2 is 1.95 bits per heavy atom. The van der Waals surface area contributed by atoms with Crippen LogP contribution in [0.5, 0.6) is 5.75 Å². The van der Waals surface area contributed by atoms with E-state index in [4.69, 9.17) is 10.5 Å². The molecule has 0 fully saturated rings. The van der Waals surface area contributed by atoms with E-state index in [0.29, 0.717) is 6.04 Å². The van der Waals surface area contributed by atoms with E-state index in [1.54, 1.807) is 7.11 Å². The zero-order valence-corrected chi connectivity index (χ0v) is 13.1. The van der Waals surface area contributed by atoms with Crippen molar-refractivity contribution in [3.63, 3.8) is 0 Å². The first-order valence-electron chi connectivity index (χ1n) is 7.87. The maximum Gasteiger partial charge on any atom is 0.119 e. The van der Waals surface area contributed by atoms with Crippen molar-refractivity contribution in [3.05, 3.63) is 29.3 Å². The smallest absolute Gasteiger partial charge is 0.119 e. The van der Waals surface area contributed by atoms with Crippen LogP contribution >= 0.6 is 0 Å². The van der Waals surface area contributed by atoms with Crippen molar-refractivity contribution >= 4 is 0 Å². The largest absolute Gasteiger partial charge is 0.497 e. The van der Waals surface area contributed by atoms with E-state index in [9.17, 15) is 0 Å². The Hall–Kier alpha value is -1.06. The average Bonchev–Trinajstić information content (AvgIpc) is 2.47. The van der Waals surface area contributed by atoms with Gasteiger partial charge in [0.1, 0.15) is 5.75 Å². The summed E-state index contributed by atoms with van der Waals surface area (Å²) in [4.78, 5) is 2.58. The molecule has 20 heavy (non-hydrogen) atoms. The summed E-state index contributed by atoms with van der Waals surface area (Å²) in [5.41, 5.74) is 9.23. The first-order chi connectivity index (χ1) is 9.71. The zero-order chi connectivity index (χ0) is 14.5. The molecule has 2 unspecified atom stereocenters. The molecular weight excluding hydrogens is 248 g/mol. The second-order valence-electron chi connectivity index (χ2n) is 5.73. The van der Waals surface area contributed by atoms with Crippen molar-refractivity contribution < 1.29 is 4.74 Å². The van der Waals surface area contributed by atoms with Crippen LogP contribution in [0.25, 0.3) is 0 Å². The van der Waals surface area contributed by atoms with E-state index in [1.807, 2.05) is 6.07 Å². The minimum atomic E-state index is 0.128. The van der Waals surface area contributed by atoms with E-state index in [2.05, 4.69) is 30.9 Å². The number of hydrogen-bond acceptors (Lipinski definition) is 3. The standard InChI is InChI=1S/C17H28N2O/c1-4-10-19(11-5-2)16-9-6-13-12-14(20-3)7-8-15(13)17(16)18/h7-8,12,16-17H,4-6,9-11,18H2,1-3H3. The number of nitrogens with two attached hydrogens (primary N) is 1. The van der Waals surface area contributed by atoms with Crippen LogP contribution in [-0.4, -0.2) is 31.1 Å². The quantitative estimate of drug-likeness (QED) is 0.867. The Kier molecular flexibility index (Phi) is 5.44. The summed E-state index contributed by atoms with van der Waals surface area (Å²) in [6, 6.07) is 6.94. The summed E-state index contributed by atoms with van der Waals surface area (Å²) in [7, 11) is 1.72. The molecule has 2 rings (SSSR count). The molecule has 1 aromatic carbocycles. The Bertz CT molecular complexity index is 427. The first-order valence-corrected chi connectivity index (χ1v) is 7.87. The number of rotatable bonds is 6. The van der Waals surface area contributed by atoms with Crippen LogP contribution in [0, 0.1) is 0 Å². The molecule has 0 aliphatic heterocycles. The number of benzene rings is 1. The van der Waals surface area contributed by atoms with Crippen LogP contribution in [0.1, 0.15) is 50.3 Å². The Morgan fingerprint density at radius 1 is 1.25 bits per heavy atom. The van der Waals surface area contributed by atoms with E-state index < -0.39 is 0 Å². The van der Waals surface area contributed by atoms with Crippen LogP contribution in [0.15, 0.2) is 18.2 Å². The van der Waals surface area contributed by atoms with E-state index in [-0.39, 0.29) is 6.04 Å². The van der Waals surface area contributed by atoms with Crippen LogP contribution in [0.3, 0.4) is 0 Å². The molecule has 1 aliphatic rings. The van der Waals surface area contributed by atoms with Crippen molar-refractivity contribution in [1.82, 2.24) is 4.90 Å². The van der Waals surface area contributed by atoms with E-state index in [0.717, 1.165) is 31.7 Å². The lowest BCUT2D eigenvalue weighted by Gasteiger charge is -2.39. The van der Waals surface area contributed by atoms with Gasteiger partial charge in [0.05, 0.1) is 7.11 Å². The van der Waals surface area contributed by atoms with Crippen molar-refractivity contribution in [2.75, 3.05) is 20.2 Å². The minimum absolute atomic E-state index is 0.128. The fourth-order valence-electron chi connectivity index (χ4n) is 3.37. The van der Waals surface area contributed by atoms with Crippen molar-refractivity contribution in [2.24, 2.45) is 5.73 Å². The van der Waals surface area contributed by atoms with Gasteiger partial charge in [-0.2, -0.15) is 0 Å². The molecule has 0 saturated carbocycles. The molecule has 0 amide bonds. The lowest BCUT2D eigenvalue weighted by molar-refractivity contribution is 0.155. The first kappa shape index (κ1) is 15.3. The van der Waals surface area contributed by atoms with Gasteiger partial charge >= 0.3 is 0 Å². The number of fused-ring (bicyclic) bond motifs is 1. The molecule has 0 aromatic heterocycles. The van der Waals surface area contributed by atoms with Crippen LogP contribution in [0.4, 0.5) is 0 Å². The van der Waals surface area contributed by atoms with Gasteiger partial charge in [-0.05, 0) is 62.0 Å². The lowest BCUT2D eigenvalue weighted by atomic mass is 9.83. The van der Waals surface area contributed by atoms with Gasteiger partial charge in [-0.1, -0.05) is 19.9 Å². The summed E-state index contributed by atoms with van der Waals surface area (Å²) in [6.45, 7) is 6.79. The van der Waals surface area contributed by atoms with Crippen LogP contribution in [0.2, 0.25) is 0 Å². The van der Waals surface area contributed by atoms with Gasteiger partial charge in [-0.3, -0.25) is 4.90 Å². The normalized spacial score (nSPS) is 21.9. The molecule has 0 radical (unpaired) electrons. The minimum Gasteiger partial charge on any atom is -0.497 e. The summed E-state index contributed by atoms with van der Waals surface area (Å²) in [6.07, 6.45) is 4.65. The van der Waals surface area contributed by atoms with Crippen molar-refractivity contribution in [1.29, 1.82) is 0 Å². The molecule has 0 saturated heterocycles. The highest BCUT2D eigenvalue weighted by Gasteiger charge is 2.30. The van der Waals surface area contributed by atoms with Gasteiger partial charge in [0.25, 0.3) is 0 Å². The van der Waals surface area contributed by atoms with E-state index >= 15 is 0 Å². The van der Waals surface area contributed by atoms with Crippen LogP contribution < -0.4 is 10.5 Å². The number of hydrogen-bond donors (Lipinski definition) is 1. The maximum atomic E-state index is 6.56. The molecule has 1 aliphatic carbocycles. The highest BCUT2D eigenvalue weighted by molar-refractivity contribution is 5.40. The molecule has 2 atom stereocenters. The number of aryl methyl sites for hydroxylation is 1. The van der Waals surface area contributed by atoms with Gasteiger partial charge in [0, 0.05) is 12.1 Å². The number of ether oxygens (including phenoxy) is 1. The summed E-state index contributed by atoms with van der Waals surface area (Å²) >= 11 is 0.